The number of piperidine rings is 1. The average molecular weight is 504 g/mol. The Balaban J connectivity index is 0.00000261. The zero-order valence-electron chi connectivity index (χ0n) is 15.5. The van der Waals surface area contributed by atoms with E-state index >= 15 is 0 Å². The first kappa shape index (κ1) is 22.0. The van der Waals surface area contributed by atoms with E-state index in [4.69, 9.17) is 16.1 Å². The van der Waals surface area contributed by atoms with E-state index in [9.17, 15) is 0 Å². The van der Waals surface area contributed by atoms with Gasteiger partial charge in [0.1, 0.15) is 12.0 Å². The molecule has 0 aliphatic carbocycles. The molecule has 1 saturated heterocycles. The Morgan fingerprint density at radius 3 is 2.63 bits per heavy atom. The molecule has 148 valence electrons. The summed E-state index contributed by atoms with van der Waals surface area (Å²) in [4.78, 5) is 7.08. The summed E-state index contributed by atoms with van der Waals surface area (Å²) < 4.78 is 4.85. The monoisotopic (exact) mass is 503 g/mol. The molecule has 3 rings (SSSR count). The second kappa shape index (κ2) is 11.5. The Bertz CT molecular complexity index is 685. The van der Waals surface area contributed by atoms with Crippen molar-refractivity contribution in [1.29, 1.82) is 0 Å². The van der Waals surface area contributed by atoms with Gasteiger partial charge in [-0.15, -0.1) is 24.0 Å². The van der Waals surface area contributed by atoms with Crippen LogP contribution in [0.15, 0.2) is 46.1 Å². The van der Waals surface area contributed by atoms with Crippen LogP contribution in [0.25, 0.3) is 0 Å². The van der Waals surface area contributed by atoms with Crippen LogP contribution in [0.1, 0.15) is 31.0 Å². The number of nitrogens with zero attached hydrogens (tertiary/aromatic N) is 3. The molecule has 1 aromatic heterocycles. The molecule has 0 bridgehead atoms. The van der Waals surface area contributed by atoms with Gasteiger partial charge >= 0.3 is 0 Å². The number of hydrogen-bond donors (Lipinski definition) is 2. The lowest BCUT2D eigenvalue weighted by Crippen LogP contribution is -2.48. The van der Waals surface area contributed by atoms with Crippen LogP contribution in [0.5, 0.6) is 0 Å². The van der Waals surface area contributed by atoms with Crippen LogP contribution in [0.4, 0.5) is 0 Å². The third kappa shape index (κ3) is 7.31. The van der Waals surface area contributed by atoms with Gasteiger partial charge in [-0.3, -0.25) is 4.90 Å². The molecule has 2 N–H and O–H groups in total. The fourth-order valence-electron chi connectivity index (χ4n) is 3.08. The highest BCUT2D eigenvalue weighted by molar-refractivity contribution is 14.0. The Kier molecular flexibility index (Phi) is 9.36. The number of rotatable bonds is 6. The van der Waals surface area contributed by atoms with E-state index < -0.39 is 0 Å². The number of aromatic nitrogens is 1. The number of halogens is 2. The number of guanidine groups is 1. The molecule has 0 radical (unpaired) electrons. The van der Waals surface area contributed by atoms with Crippen LogP contribution in [0.3, 0.4) is 0 Å². The molecular weight excluding hydrogens is 477 g/mol. The molecule has 27 heavy (non-hydrogen) atoms. The summed E-state index contributed by atoms with van der Waals surface area (Å²) in [6, 6.07) is 10.4. The summed E-state index contributed by atoms with van der Waals surface area (Å²) in [7, 11) is 0. The van der Waals surface area contributed by atoms with E-state index in [-0.39, 0.29) is 24.0 Å². The first-order chi connectivity index (χ1) is 12.7. The van der Waals surface area contributed by atoms with Crippen molar-refractivity contribution in [2.24, 2.45) is 4.99 Å². The number of benzene rings is 1. The lowest BCUT2D eigenvalue weighted by atomic mass is 10.0. The quantitative estimate of drug-likeness (QED) is 0.358. The predicted octanol–water partition coefficient (Wildman–Crippen LogP) is 3.67. The summed E-state index contributed by atoms with van der Waals surface area (Å²) in [6.45, 7) is 6.54. The summed E-state index contributed by atoms with van der Waals surface area (Å²) in [5.41, 5.74) is 2.14. The van der Waals surface area contributed by atoms with Crippen molar-refractivity contribution in [2.75, 3.05) is 19.6 Å². The Morgan fingerprint density at radius 1 is 1.26 bits per heavy atom. The lowest BCUT2D eigenvalue weighted by molar-refractivity contribution is 0.198. The molecule has 0 amide bonds. The van der Waals surface area contributed by atoms with Gasteiger partial charge in [0.15, 0.2) is 5.96 Å². The van der Waals surface area contributed by atoms with Gasteiger partial charge in [0.05, 0.1) is 6.54 Å². The van der Waals surface area contributed by atoms with Crippen LogP contribution < -0.4 is 10.6 Å². The molecule has 1 aliphatic rings. The van der Waals surface area contributed by atoms with Gasteiger partial charge in [-0.05, 0) is 37.5 Å². The summed E-state index contributed by atoms with van der Waals surface area (Å²) in [6.07, 6.45) is 3.77. The molecule has 6 nitrogen and oxygen atoms in total. The fraction of sp³-hybridized carbons (Fsp3) is 0.474. The molecule has 2 heterocycles. The smallest absolute Gasteiger partial charge is 0.191 e. The van der Waals surface area contributed by atoms with Gasteiger partial charge in [-0.1, -0.05) is 28.9 Å². The Morgan fingerprint density at radius 2 is 2.00 bits per heavy atom. The second-order valence-corrected chi connectivity index (χ2v) is 6.94. The summed E-state index contributed by atoms with van der Waals surface area (Å²) >= 11 is 5.96. The van der Waals surface area contributed by atoms with E-state index in [0.29, 0.717) is 12.6 Å². The van der Waals surface area contributed by atoms with Crippen molar-refractivity contribution in [1.82, 2.24) is 20.7 Å². The van der Waals surface area contributed by atoms with Gasteiger partial charge in [0.25, 0.3) is 0 Å². The molecule has 0 saturated carbocycles. The van der Waals surface area contributed by atoms with Gasteiger partial charge in [-0.2, -0.15) is 0 Å². The maximum atomic E-state index is 5.96. The standard InChI is InChI=1S/C19H26ClN5O.HI/c1-2-21-19(22-13-18-9-12-26-24-18)23-17-7-10-25(11-8-17)14-15-3-5-16(20)6-4-15;/h3-6,9,12,17H,2,7-8,10-11,13-14H2,1H3,(H2,21,22,23);1H. The molecular formula is C19H27ClIN5O. The first-order valence-electron chi connectivity index (χ1n) is 9.14. The van der Waals surface area contributed by atoms with Crippen LogP contribution in [0, 0.1) is 0 Å². The average Bonchev–Trinajstić information content (AvgIpc) is 3.17. The maximum absolute atomic E-state index is 5.96. The van der Waals surface area contributed by atoms with Gasteiger partial charge in [-0.25, -0.2) is 4.99 Å². The third-order valence-electron chi connectivity index (χ3n) is 4.48. The van der Waals surface area contributed by atoms with Crippen LogP contribution in [-0.4, -0.2) is 41.7 Å². The summed E-state index contributed by atoms with van der Waals surface area (Å²) in [5.74, 6) is 0.839. The minimum Gasteiger partial charge on any atom is -0.364 e. The summed E-state index contributed by atoms with van der Waals surface area (Å²) in [5, 5.41) is 11.5. The molecule has 8 heteroatoms. The number of aliphatic imine (C=N–C) groups is 1. The fourth-order valence-corrected chi connectivity index (χ4v) is 3.20. The highest BCUT2D eigenvalue weighted by Crippen LogP contribution is 2.16. The van der Waals surface area contributed by atoms with Crippen LogP contribution in [0.2, 0.25) is 5.02 Å². The minimum absolute atomic E-state index is 0. The van der Waals surface area contributed by atoms with Gasteiger partial charge in [0.2, 0.25) is 0 Å². The van der Waals surface area contributed by atoms with Crippen molar-refractivity contribution in [3.63, 3.8) is 0 Å². The number of hydrogen-bond acceptors (Lipinski definition) is 4. The number of nitrogens with one attached hydrogen (secondary N) is 2. The largest absolute Gasteiger partial charge is 0.364 e. The van der Waals surface area contributed by atoms with Crippen molar-refractivity contribution in [2.45, 2.75) is 38.9 Å². The first-order valence-corrected chi connectivity index (χ1v) is 9.51. The van der Waals surface area contributed by atoms with E-state index in [2.05, 4.69) is 44.7 Å². The highest BCUT2D eigenvalue weighted by atomic mass is 127. The Hall–Kier alpha value is -1.32. The van der Waals surface area contributed by atoms with Crippen molar-refractivity contribution >= 4 is 41.5 Å². The van der Waals surface area contributed by atoms with E-state index in [1.165, 1.54) is 5.56 Å². The molecule has 1 fully saturated rings. The van der Waals surface area contributed by atoms with E-state index in [0.717, 1.165) is 55.7 Å². The van der Waals surface area contributed by atoms with Gasteiger partial charge < -0.3 is 15.2 Å². The molecule has 2 aromatic rings. The molecule has 0 spiro atoms. The van der Waals surface area contributed by atoms with Crippen LogP contribution in [-0.2, 0) is 13.1 Å². The predicted molar refractivity (Wildman–Crippen MR) is 120 cm³/mol. The zero-order chi connectivity index (χ0) is 18.2. The number of likely N-dealkylation sites (tertiary alicyclic amines) is 1. The van der Waals surface area contributed by atoms with Crippen molar-refractivity contribution in [3.05, 3.63) is 52.9 Å². The van der Waals surface area contributed by atoms with Crippen molar-refractivity contribution < 1.29 is 4.52 Å². The topological polar surface area (TPSA) is 65.7 Å². The minimum atomic E-state index is 0. The molecule has 0 atom stereocenters. The molecule has 1 aliphatic heterocycles. The van der Waals surface area contributed by atoms with Gasteiger partial charge in [0, 0.05) is 43.3 Å². The highest BCUT2D eigenvalue weighted by Gasteiger charge is 2.20. The van der Waals surface area contributed by atoms with E-state index in [1.54, 1.807) is 6.26 Å². The molecule has 0 unspecified atom stereocenters. The lowest BCUT2D eigenvalue weighted by Gasteiger charge is -2.33. The maximum Gasteiger partial charge on any atom is 0.191 e. The van der Waals surface area contributed by atoms with Crippen LogP contribution >= 0.6 is 35.6 Å². The zero-order valence-corrected chi connectivity index (χ0v) is 18.6. The third-order valence-corrected chi connectivity index (χ3v) is 4.73. The molecule has 1 aromatic carbocycles. The van der Waals surface area contributed by atoms with Crippen molar-refractivity contribution in [3.8, 4) is 0 Å². The SMILES string of the molecule is CCNC(=NCc1ccon1)NC1CCN(Cc2ccc(Cl)cc2)CC1.I. The van der Waals surface area contributed by atoms with E-state index in [1.807, 2.05) is 18.2 Å². The Labute approximate surface area is 182 Å². The second-order valence-electron chi connectivity index (χ2n) is 6.51. The normalized spacial score (nSPS) is 16.0.